The van der Waals surface area contributed by atoms with Gasteiger partial charge in [-0.25, -0.2) is 22.8 Å². The van der Waals surface area contributed by atoms with Gasteiger partial charge in [0.05, 0.1) is 30.1 Å². The molecule has 1 aliphatic rings. The van der Waals surface area contributed by atoms with E-state index < -0.39 is 21.7 Å². The lowest BCUT2D eigenvalue weighted by Gasteiger charge is -2.31. The highest BCUT2D eigenvalue weighted by Gasteiger charge is 2.33. The molecular formula is C28H33N5O4S. The molecule has 0 spiro atoms. The Kier molecular flexibility index (Phi) is 7.90. The van der Waals surface area contributed by atoms with Crippen LogP contribution in [0.4, 0.5) is 10.5 Å². The molecule has 1 aromatic heterocycles. The maximum atomic E-state index is 13.0. The quantitative estimate of drug-likeness (QED) is 0.462. The lowest BCUT2D eigenvalue weighted by atomic mass is 10.0. The van der Waals surface area contributed by atoms with Crippen LogP contribution in [-0.4, -0.2) is 52.8 Å². The van der Waals surface area contributed by atoms with E-state index in [2.05, 4.69) is 16.0 Å². The smallest absolute Gasteiger partial charge is 0.419 e. The Balaban J connectivity index is 1.66. The second-order valence-corrected chi connectivity index (χ2v) is 12.5. The Bertz CT molecular complexity index is 1440. The fraction of sp³-hybridized carbons (Fsp3) is 0.393. The molecule has 38 heavy (non-hydrogen) atoms. The molecule has 0 amide bonds. The van der Waals surface area contributed by atoms with Crippen molar-refractivity contribution in [2.75, 3.05) is 17.7 Å². The topological polar surface area (TPSA) is 109 Å². The van der Waals surface area contributed by atoms with Gasteiger partial charge >= 0.3 is 6.09 Å². The van der Waals surface area contributed by atoms with E-state index in [0.717, 1.165) is 23.2 Å². The fourth-order valence-corrected chi connectivity index (χ4v) is 5.72. The lowest BCUT2D eigenvalue weighted by molar-refractivity contribution is 0.0536. The summed E-state index contributed by atoms with van der Waals surface area (Å²) in [5.41, 5.74) is 3.20. The Morgan fingerprint density at radius 3 is 2.58 bits per heavy atom. The highest BCUT2D eigenvalue weighted by molar-refractivity contribution is 7.88. The molecule has 4 rings (SSSR count). The first kappa shape index (κ1) is 27.4. The molecule has 2 aromatic carbocycles. The predicted octanol–water partition coefficient (Wildman–Crippen LogP) is 4.32. The number of anilines is 1. The van der Waals surface area contributed by atoms with Crippen LogP contribution in [0, 0.1) is 11.3 Å². The van der Waals surface area contributed by atoms with E-state index in [4.69, 9.17) is 4.74 Å². The summed E-state index contributed by atoms with van der Waals surface area (Å²) in [5, 5.41) is 9.48. The average Bonchev–Trinajstić information content (AvgIpc) is 3.26. The minimum Gasteiger partial charge on any atom is -0.443 e. The summed E-state index contributed by atoms with van der Waals surface area (Å²) in [6, 6.07) is 17.2. The van der Waals surface area contributed by atoms with E-state index in [-0.39, 0.29) is 12.6 Å². The number of hydrogen-bond donors (Lipinski definition) is 0. The molecule has 0 unspecified atom stereocenters. The van der Waals surface area contributed by atoms with Gasteiger partial charge in [0.2, 0.25) is 10.0 Å². The summed E-state index contributed by atoms with van der Waals surface area (Å²) >= 11 is 0. The molecule has 1 atom stereocenters. The second-order valence-electron chi connectivity index (χ2n) is 10.6. The van der Waals surface area contributed by atoms with Crippen LogP contribution in [0.25, 0.3) is 0 Å². The minimum absolute atomic E-state index is 0.173. The molecule has 0 fully saturated rings. The first-order chi connectivity index (χ1) is 17.9. The van der Waals surface area contributed by atoms with E-state index in [1.54, 1.807) is 39.1 Å². The van der Waals surface area contributed by atoms with Crippen molar-refractivity contribution in [3.8, 4) is 6.07 Å². The van der Waals surface area contributed by atoms with Crippen molar-refractivity contribution < 1.29 is 17.9 Å². The van der Waals surface area contributed by atoms with E-state index in [9.17, 15) is 18.5 Å². The number of aryl methyl sites for hydroxylation is 1. The van der Waals surface area contributed by atoms with Crippen LogP contribution < -0.4 is 4.90 Å². The molecule has 3 aromatic rings. The van der Waals surface area contributed by atoms with Crippen LogP contribution in [0.2, 0.25) is 0 Å². The zero-order chi connectivity index (χ0) is 27.5. The maximum absolute atomic E-state index is 13.0. The van der Waals surface area contributed by atoms with Crippen LogP contribution in [0.5, 0.6) is 0 Å². The van der Waals surface area contributed by atoms with E-state index in [1.165, 1.54) is 21.5 Å². The Morgan fingerprint density at radius 1 is 1.18 bits per heavy atom. The highest BCUT2D eigenvalue weighted by Crippen LogP contribution is 2.32. The number of ether oxygens (including phenoxy) is 1. The Morgan fingerprint density at radius 2 is 1.92 bits per heavy atom. The Hall–Kier alpha value is -3.68. The number of benzene rings is 2. The van der Waals surface area contributed by atoms with Crippen molar-refractivity contribution in [2.24, 2.45) is 0 Å². The zero-order valence-corrected chi connectivity index (χ0v) is 23.0. The molecule has 0 saturated carbocycles. The van der Waals surface area contributed by atoms with Gasteiger partial charge in [-0.2, -0.15) is 9.57 Å². The summed E-state index contributed by atoms with van der Waals surface area (Å²) in [4.78, 5) is 19.0. The third-order valence-corrected chi connectivity index (χ3v) is 7.62. The summed E-state index contributed by atoms with van der Waals surface area (Å²) < 4.78 is 34.2. The largest absolute Gasteiger partial charge is 0.443 e. The van der Waals surface area contributed by atoms with Gasteiger partial charge in [-0.1, -0.05) is 30.3 Å². The molecule has 9 nitrogen and oxygen atoms in total. The van der Waals surface area contributed by atoms with Gasteiger partial charge in [-0.15, -0.1) is 0 Å². The Labute approximate surface area is 224 Å². The van der Waals surface area contributed by atoms with Crippen LogP contribution in [0.1, 0.15) is 49.6 Å². The molecule has 0 bridgehead atoms. The van der Waals surface area contributed by atoms with Crippen molar-refractivity contribution >= 4 is 21.8 Å². The highest BCUT2D eigenvalue weighted by atomic mass is 32.2. The van der Waals surface area contributed by atoms with Crippen molar-refractivity contribution in [1.82, 2.24) is 13.9 Å². The van der Waals surface area contributed by atoms with Crippen LogP contribution in [0.3, 0.4) is 0 Å². The number of fused-ring (bicyclic) bond motifs is 1. The number of hydrogen-bond acceptors (Lipinski definition) is 7. The maximum Gasteiger partial charge on any atom is 0.419 e. The van der Waals surface area contributed by atoms with Crippen molar-refractivity contribution in [1.29, 1.82) is 5.26 Å². The molecule has 10 heteroatoms. The molecule has 0 aliphatic carbocycles. The predicted molar refractivity (Wildman–Crippen MR) is 145 cm³/mol. The van der Waals surface area contributed by atoms with Gasteiger partial charge in [0.25, 0.3) is 0 Å². The van der Waals surface area contributed by atoms with Crippen molar-refractivity contribution in [3.63, 3.8) is 0 Å². The van der Waals surface area contributed by atoms with Crippen molar-refractivity contribution in [2.45, 2.75) is 58.3 Å². The van der Waals surface area contributed by atoms with Crippen LogP contribution in [0.15, 0.2) is 61.1 Å². The number of nitrogens with zero attached hydrogens (tertiary/aromatic N) is 5. The van der Waals surface area contributed by atoms with Crippen LogP contribution in [-0.2, 0) is 34.3 Å². The second kappa shape index (κ2) is 11.0. The molecule has 2 heterocycles. The van der Waals surface area contributed by atoms with E-state index >= 15 is 0 Å². The first-order valence-corrected chi connectivity index (χ1v) is 14.3. The first-order valence-electron chi connectivity index (χ1n) is 12.5. The van der Waals surface area contributed by atoms with E-state index in [0.29, 0.717) is 30.8 Å². The van der Waals surface area contributed by atoms with Gasteiger partial charge in [-0.05, 0) is 62.9 Å². The zero-order valence-electron chi connectivity index (χ0n) is 22.2. The lowest BCUT2D eigenvalue weighted by Crippen LogP contribution is -2.44. The number of carbonyl (C=O) groups excluding carboxylic acids is 1. The van der Waals surface area contributed by atoms with Gasteiger partial charge in [-0.3, -0.25) is 0 Å². The third-order valence-electron chi connectivity index (χ3n) is 6.34. The van der Waals surface area contributed by atoms with Crippen LogP contribution >= 0.6 is 0 Å². The standard InChI is InChI=1S/C28H33N5O4S/c1-28(2,3)37-27(34)32-18-24(30-20-32)17-31-19-25(12-10-21-8-6-5-7-9-21)33(38(4,35)36)16-23-14-22(15-29)11-13-26(23)31/h5-9,11,13-14,18,20,25H,10,12,16-17,19H2,1-4H3/t25-/m1/s1. The monoisotopic (exact) mass is 535 g/mol. The molecule has 0 radical (unpaired) electrons. The normalized spacial score (nSPS) is 16.4. The van der Waals surface area contributed by atoms with E-state index in [1.807, 2.05) is 36.4 Å². The van der Waals surface area contributed by atoms with Gasteiger partial charge < -0.3 is 9.64 Å². The number of imidazole rings is 1. The SMILES string of the molecule is CC(C)(C)OC(=O)n1cnc(CN2C[C@@H](CCc3ccccc3)N(S(C)(=O)=O)Cc3cc(C#N)ccc32)c1. The summed E-state index contributed by atoms with van der Waals surface area (Å²) in [6.07, 6.45) is 5.12. The van der Waals surface area contributed by atoms with Gasteiger partial charge in [0, 0.05) is 31.0 Å². The number of rotatable bonds is 6. The number of sulfonamides is 1. The van der Waals surface area contributed by atoms with Crippen molar-refractivity contribution in [3.05, 3.63) is 83.4 Å². The van der Waals surface area contributed by atoms with Gasteiger partial charge in [0.1, 0.15) is 11.9 Å². The number of carbonyl (C=O) groups is 1. The summed E-state index contributed by atoms with van der Waals surface area (Å²) in [6.45, 7) is 6.36. The summed E-state index contributed by atoms with van der Waals surface area (Å²) in [7, 11) is -3.54. The number of nitriles is 1. The molecule has 0 saturated heterocycles. The fourth-order valence-electron chi connectivity index (χ4n) is 4.64. The summed E-state index contributed by atoms with van der Waals surface area (Å²) in [5.74, 6) is 0. The average molecular weight is 536 g/mol. The molecule has 200 valence electrons. The third kappa shape index (κ3) is 6.79. The minimum atomic E-state index is -3.54. The number of aromatic nitrogens is 2. The molecule has 1 aliphatic heterocycles. The molecule has 0 N–H and O–H groups in total. The van der Waals surface area contributed by atoms with Gasteiger partial charge in [0.15, 0.2) is 0 Å². The molecular weight excluding hydrogens is 502 g/mol.